The first-order valence-corrected chi connectivity index (χ1v) is 6.74. The number of amides is 1. The fraction of sp³-hybridized carbons (Fsp3) is 0.923. The summed E-state index contributed by atoms with van der Waals surface area (Å²) in [7, 11) is 0. The summed E-state index contributed by atoms with van der Waals surface area (Å²) in [4.78, 5) is 16.3. The molecule has 0 aromatic carbocycles. The molecule has 1 heterocycles. The molecule has 0 aromatic heterocycles. The Morgan fingerprint density at radius 3 is 2.38 bits per heavy atom. The third-order valence-electron chi connectivity index (χ3n) is 4.01. The molecule has 1 unspecified atom stereocenters. The molecular weight excluding hydrogens is 200 g/mol. The third kappa shape index (κ3) is 2.76. The van der Waals surface area contributed by atoms with Gasteiger partial charge < -0.3 is 4.90 Å². The number of piperazine rings is 1. The van der Waals surface area contributed by atoms with Crippen molar-refractivity contribution < 1.29 is 4.79 Å². The van der Waals surface area contributed by atoms with Crippen molar-refractivity contribution in [1.29, 1.82) is 0 Å². The molecule has 0 N–H and O–H groups in total. The van der Waals surface area contributed by atoms with E-state index in [0.29, 0.717) is 5.91 Å². The van der Waals surface area contributed by atoms with E-state index in [1.54, 1.807) is 0 Å². The van der Waals surface area contributed by atoms with Crippen LogP contribution in [0.4, 0.5) is 0 Å². The Bertz CT molecular complexity index is 242. The van der Waals surface area contributed by atoms with Gasteiger partial charge in [-0.15, -0.1) is 0 Å². The Hall–Kier alpha value is -0.570. The van der Waals surface area contributed by atoms with E-state index in [-0.39, 0.29) is 0 Å². The molecule has 0 spiro atoms. The van der Waals surface area contributed by atoms with Gasteiger partial charge in [0.1, 0.15) is 0 Å². The lowest BCUT2D eigenvalue weighted by molar-refractivity contribution is -0.133. The van der Waals surface area contributed by atoms with E-state index in [9.17, 15) is 4.79 Å². The standard InChI is InChI=1S/C13H24N2O/c1-3-4-13(16)15-9-7-14(8-10-15)11(2)12-5-6-12/h11-12H,3-10H2,1-2H3. The van der Waals surface area contributed by atoms with Gasteiger partial charge in [-0.1, -0.05) is 6.92 Å². The van der Waals surface area contributed by atoms with Gasteiger partial charge in [-0.05, 0) is 32.1 Å². The highest BCUT2D eigenvalue weighted by Crippen LogP contribution is 2.35. The van der Waals surface area contributed by atoms with E-state index in [0.717, 1.165) is 51.0 Å². The fourth-order valence-electron chi connectivity index (χ4n) is 2.63. The van der Waals surface area contributed by atoms with Gasteiger partial charge in [-0.3, -0.25) is 9.69 Å². The molecular formula is C13H24N2O. The van der Waals surface area contributed by atoms with Crippen molar-refractivity contribution in [1.82, 2.24) is 9.80 Å². The lowest BCUT2D eigenvalue weighted by atomic mass is 10.1. The van der Waals surface area contributed by atoms with Gasteiger partial charge >= 0.3 is 0 Å². The monoisotopic (exact) mass is 224 g/mol. The van der Waals surface area contributed by atoms with Crippen molar-refractivity contribution in [2.24, 2.45) is 5.92 Å². The van der Waals surface area contributed by atoms with Crippen molar-refractivity contribution in [3.8, 4) is 0 Å². The van der Waals surface area contributed by atoms with Gasteiger partial charge in [0.15, 0.2) is 0 Å². The maximum absolute atomic E-state index is 11.7. The van der Waals surface area contributed by atoms with E-state index < -0.39 is 0 Å². The minimum Gasteiger partial charge on any atom is -0.340 e. The summed E-state index contributed by atoms with van der Waals surface area (Å²) in [6.45, 7) is 8.45. The van der Waals surface area contributed by atoms with Crippen LogP contribution in [0.1, 0.15) is 39.5 Å². The van der Waals surface area contributed by atoms with Gasteiger partial charge in [-0.2, -0.15) is 0 Å². The van der Waals surface area contributed by atoms with Crippen LogP contribution in [-0.4, -0.2) is 47.9 Å². The molecule has 1 aliphatic heterocycles. The summed E-state index contributed by atoms with van der Waals surface area (Å²) in [5.41, 5.74) is 0. The van der Waals surface area contributed by atoms with Gasteiger partial charge in [0.2, 0.25) is 5.91 Å². The molecule has 0 bridgehead atoms. The Morgan fingerprint density at radius 1 is 1.25 bits per heavy atom. The van der Waals surface area contributed by atoms with E-state index in [4.69, 9.17) is 0 Å². The quantitative estimate of drug-likeness (QED) is 0.726. The molecule has 3 nitrogen and oxygen atoms in total. The second-order valence-corrected chi connectivity index (χ2v) is 5.24. The van der Waals surface area contributed by atoms with Crippen molar-refractivity contribution in [2.45, 2.75) is 45.6 Å². The maximum atomic E-state index is 11.7. The minimum atomic E-state index is 0.348. The van der Waals surface area contributed by atoms with Crippen LogP contribution >= 0.6 is 0 Å². The average molecular weight is 224 g/mol. The Morgan fingerprint density at radius 2 is 1.88 bits per heavy atom. The van der Waals surface area contributed by atoms with Crippen molar-refractivity contribution >= 4 is 5.91 Å². The summed E-state index contributed by atoms with van der Waals surface area (Å²) in [5.74, 6) is 1.29. The Labute approximate surface area is 98.8 Å². The lowest BCUT2D eigenvalue weighted by Gasteiger charge is -2.38. The van der Waals surface area contributed by atoms with Crippen molar-refractivity contribution in [3.63, 3.8) is 0 Å². The number of hydrogen-bond acceptors (Lipinski definition) is 2. The number of hydrogen-bond donors (Lipinski definition) is 0. The molecule has 1 saturated heterocycles. The number of carbonyl (C=O) groups excluding carboxylic acids is 1. The first kappa shape index (κ1) is 11.9. The van der Waals surface area contributed by atoms with Crippen LogP contribution in [-0.2, 0) is 4.79 Å². The summed E-state index contributed by atoms with van der Waals surface area (Å²) in [6.07, 6.45) is 4.52. The topological polar surface area (TPSA) is 23.6 Å². The van der Waals surface area contributed by atoms with Gasteiger partial charge in [0.05, 0.1) is 0 Å². The molecule has 3 heteroatoms. The molecule has 1 saturated carbocycles. The summed E-state index contributed by atoms with van der Waals surface area (Å²) >= 11 is 0. The largest absolute Gasteiger partial charge is 0.340 e. The van der Waals surface area contributed by atoms with Gasteiger partial charge in [0, 0.05) is 38.6 Å². The average Bonchev–Trinajstić information content (AvgIpc) is 3.12. The highest BCUT2D eigenvalue weighted by Gasteiger charge is 2.33. The molecule has 16 heavy (non-hydrogen) atoms. The van der Waals surface area contributed by atoms with Crippen LogP contribution in [0.5, 0.6) is 0 Å². The smallest absolute Gasteiger partial charge is 0.222 e. The maximum Gasteiger partial charge on any atom is 0.222 e. The Balaban J connectivity index is 1.75. The molecule has 2 fully saturated rings. The van der Waals surface area contributed by atoms with Crippen LogP contribution in [0, 0.1) is 5.92 Å². The van der Waals surface area contributed by atoms with E-state index in [2.05, 4.69) is 18.7 Å². The zero-order valence-electron chi connectivity index (χ0n) is 10.6. The first-order chi connectivity index (χ1) is 7.72. The summed E-state index contributed by atoms with van der Waals surface area (Å²) in [5, 5.41) is 0. The molecule has 2 rings (SSSR count). The number of rotatable bonds is 4. The minimum absolute atomic E-state index is 0.348. The summed E-state index contributed by atoms with van der Waals surface area (Å²) in [6, 6.07) is 0.739. The predicted octanol–water partition coefficient (Wildman–Crippen LogP) is 1.73. The van der Waals surface area contributed by atoms with Gasteiger partial charge in [0.25, 0.3) is 0 Å². The van der Waals surface area contributed by atoms with Crippen LogP contribution < -0.4 is 0 Å². The van der Waals surface area contributed by atoms with Crippen molar-refractivity contribution in [2.75, 3.05) is 26.2 Å². The number of carbonyl (C=O) groups is 1. The normalized spacial score (nSPS) is 24.5. The highest BCUT2D eigenvalue weighted by molar-refractivity contribution is 5.76. The fourth-order valence-corrected chi connectivity index (χ4v) is 2.63. The molecule has 0 aromatic rings. The molecule has 1 atom stereocenters. The zero-order valence-corrected chi connectivity index (χ0v) is 10.6. The van der Waals surface area contributed by atoms with Crippen LogP contribution in [0.15, 0.2) is 0 Å². The van der Waals surface area contributed by atoms with Crippen LogP contribution in [0.25, 0.3) is 0 Å². The highest BCUT2D eigenvalue weighted by atomic mass is 16.2. The van der Waals surface area contributed by atoms with Gasteiger partial charge in [-0.25, -0.2) is 0 Å². The van der Waals surface area contributed by atoms with E-state index >= 15 is 0 Å². The molecule has 0 radical (unpaired) electrons. The third-order valence-corrected chi connectivity index (χ3v) is 4.01. The number of nitrogens with zero attached hydrogens (tertiary/aromatic N) is 2. The lowest BCUT2D eigenvalue weighted by Crippen LogP contribution is -2.51. The first-order valence-electron chi connectivity index (χ1n) is 6.74. The van der Waals surface area contributed by atoms with Crippen LogP contribution in [0.3, 0.4) is 0 Å². The van der Waals surface area contributed by atoms with Crippen molar-refractivity contribution in [3.05, 3.63) is 0 Å². The Kier molecular flexibility index (Phi) is 3.85. The molecule has 2 aliphatic rings. The second-order valence-electron chi connectivity index (χ2n) is 5.24. The van der Waals surface area contributed by atoms with E-state index in [1.807, 2.05) is 4.90 Å². The second kappa shape index (κ2) is 5.17. The zero-order chi connectivity index (χ0) is 11.5. The SMILES string of the molecule is CCCC(=O)N1CCN(C(C)C2CC2)CC1. The molecule has 92 valence electrons. The van der Waals surface area contributed by atoms with E-state index in [1.165, 1.54) is 12.8 Å². The summed E-state index contributed by atoms with van der Waals surface area (Å²) < 4.78 is 0. The predicted molar refractivity (Wildman–Crippen MR) is 65.2 cm³/mol. The van der Waals surface area contributed by atoms with Crippen LogP contribution in [0.2, 0.25) is 0 Å². The molecule has 1 aliphatic carbocycles. The molecule has 1 amide bonds.